The Morgan fingerprint density at radius 1 is 0.914 bits per heavy atom. The van der Waals surface area contributed by atoms with Crippen LogP contribution >= 0.6 is 11.8 Å². The summed E-state index contributed by atoms with van der Waals surface area (Å²) in [5.74, 6) is 2.67. The molecule has 188 valence electrons. The summed E-state index contributed by atoms with van der Waals surface area (Å²) in [6.07, 6.45) is 4.46. The van der Waals surface area contributed by atoms with Crippen LogP contribution in [0.4, 0.5) is 24.9 Å². The third-order valence-electron chi connectivity index (χ3n) is 6.47. The van der Waals surface area contributed by atoms with E-state index >= 15 is 0 Å². The number of hydrogen-bond acceptors (Lipinski definition) is 6. The van der Waals surface area contributed by atoms with Crippen molar-refractivity contribution in [3.63, 3.8) is 0 Å². The molecule has 0 atom stereocenters. The molecule has 1 heterocycles. The zero-order valence-electron chi connectivity index (χ0n) is 20.1. The standard InChI is InChI=1S/C26H32F3N5S/c1-34(2)24-21-8-4-5-9-22(21)32-25(33-24)31-16-19-13-11-18(12-14-19)15-30-17-20-7-3-6-10-23(20)35-26(27,28)29/h3-10,18-19,30H,11-17H2,1-2H3,(H,31,32,33). The molecule has 1 fully saturated rings. The van der Waals surface area contributed by atoms with Gasteiger partial charge in [-0.2, -0.15) is 18.2 Å². The Bertz CT molecular complexity index is 1110. The maximum atomic E-state index is 12.8. The van der Waals surface area contributed by atoms with Gasteiger partial charge in [-0.25, -0.2) is 4.98 Å². The first-order valence-electron chi connectivity index (χ1n) is 12.0. The fraction of sp³-hybridized carbons (Fsp3) is 0.462. The number of para-hydroxylation sites is 1. The largest absolute Gasteiger partial charge is 0.446 e. The third kappa shape index (κ3) is 7.24. The van der Waals surface area contributed by atoms with Crippen LogP contribution in [-0.2, 0) is 6.54 Å². The Kier molecular flexibility index (Phi) is 8.38. The van der Waals surface area contributed by atoms with Gasteiger partial charge in [-0.1, -0.05) is 30.3 Å². The number of anilines is 2. The molecule has 35 heavy (non-hydrogen) atoms. The van der Waals surface area contributed by atoms with E-state index in [1.165, 1.54) is 6.07 Å². The lowest BCUT2D eigenvalue weighted by molar-refractivity contribution is -0.0328. The number of aromatic nitrogens is 2. The van der Waals surface area contributed by atoms with Crippen molar-refractivity contribution in [1.82, 2.24) is 15.3 Å². The summed E-state index contributed by atoms with van der Waals surface area (Å²) in [5, 5.41) is 7.87. The van der Waals surface area contributed by atoms with E-state index in [-0.39, 0.29) is 16.7 Å². The fourth-order valence-corrected chi connectivity index (χ4v) is 5.31. The quantitative estimate of drug-likeness (QED) is 0.334. The molecule has 0 unspecified atom stereocenters. The van der Waals surface area contributed by atoms with Gasteiger partial charge in [0.05, 0.1) is 5.52 Å². The monoisotopic (exact) mass is 503 g/mol. The van der Waals surface area contributed by atoms with E-state index < -0.39 is 5.51 Å². The maximum Gasteiger partial charge on any atom is 0.446 e. The Morgan fingerprint density at radius 3 is 2.29 bits per heavy atom. The highest BCUT2D eigenvalue weighted by molar-refractivity contribution is 8.00. The highest BCUT2D eigenvalue weighted by Crippen LogP contribution is 2.38. The van der Waals surface area contributed by atoms with Gasteiger partial charge in [0.2, 0.25) is 5.95 Å². The molecule has 9 heteroatoms. The number of nitrogens with zero attached hydrogens (tertiary/aromatic N) is 3. The third-order valence-corrected chi connectivity index (χ3v) is 7.32. The second-order valence-electron chi connectivity index (χ2n) is 9.34. The van der Waals surface area contributed by atoms with Crippen LogP contribution in [0, 0.1) is 11.8 Å². The van der Waals surface area contributed by atoms with Gasteiger partial charge >= 0.3 is 5.51 Å². The van der Waals surface area contributed by atoms with Crippen molar-refractivity contribution in [2.24, 2.45) is 11.8 Å². The zero-order valence-corrected chi connectivity index (χ0v) is 20.9. The van der Waals surface area contributed by atoms with E-state index in [4.69, 9.17) is 4.98 Å². The summed E-state index contributed by atoms with van der Waals surface area (Å²) in [7, 11) is 3.98. The molecular weight excluding hydrogens is 471 g/mol. The lowest BCUT2D eigenvalue weighted by atomic mass is 9.82. The first kappa shape index (κ1) is 25.6. The molecule has 0 spiro atoms. The zero-order chi connectivity index (χ0) is 24.8. The molecule has 4 rings (SSSR count). The molecule has 1 aliphatic rings. The van der Waals surface area contributed by atoms with Gasteiger partial charge in [-0.15, -0.1) is 0 Å². The average Bonchev–Trinajstić information content (AvgIpc) is 2.83. The summed E-state index contributed by atoms with van der Waals surface area (Å²) >= 11 is -0.0397. The number of hydrogen-bond donors (Lipinski definition) is 2. The molecule has 1 aromatic heterocycles. The molecule has 5 nitrogen and oxygen atoms in total. The van der Waals surface area contributed by atoms with Gasteiger partial charge in [0.1, 0.15) is 5.82 Å². The van der Waals surface area contributed by atoms with E-state index in [9.17, 15) is 13.2 Å². The van der Waals surface area contributed by atoms with Crippen molar-refractivity contribution in [2.45, 2.75) is 42.6 Å². The minimum atomic E-state index is -4.27. The molecule has 2 aromatic carbocycles. The normalized spacial score (nSPS) is 18.5. The van der Waals surface area contributed by atoms with Crippen LogP contribution in [0.5, 0.6) is 0 Å². The van der Waals surface area contributed by atoms with E-state index in [2.05, 4.69) is 15.6 Å². The second-order valence-corrected chi connectivity index (χ2v) is 10.4. The molecule has 0 aliphatic heterocycles. The number of fused-ring (bicyclic) bond motifs is 1. The Balaban J connectivity index is 1.23. The van der Waals surface area contributed by atoms with Crippen LogP contribution < -0.4 is 15.5 Å². The van der Waals surface area contributed by atoms with Crippen LogP contribution in [0.2, 0.25) is 0 Å². The number of thioether (sulfide) groups is 1. The number of halogens is 3. The minimum Gasteiger partial charge on any atom is -0.362 e. The van der Waals surface area contributed by atoms with Crippen molar-refractivity contribution in [3.8, 4) is 0 Å². The lowest BCUT2D eigenvalue weighted by Gasteiger charge is -2.29. The van der Waals surface area contributed by atoms with Gasteiger partial charge < -0.3 is 15.5 Å². The molecule has 1 saturated carbocycles. The highest BCUT2D eigenvalue weighted by atomic mass is 32.2. The topological polar surface area (TPSA) is 53.1 Å². The lowest BCUT2D eigenvalue weighted by Crippen LogP contribution is -2.28. The van der Waals surface area contributed by atoms with Crippen molar-refractivity contribution < 1.29 is 13.2 Å². The van der Waals surface area contributed by atoms with Crippen LogP contribution in [-0.4, -0.2) is 42.7 Å². The predicted molar refractivity (Wildman–Crippen MR) is 138 cm³/mol. The molecule has 0 radical (unpaired) electrons. The predicted octanol–water partition coefficient (Wildman–Crippen LogP) is 6.32. The van der Waals surface area contributed by atoms with Crippen molar-refractivity contribution >= 4 is 34.4 Å². The van der Waals surface area contributed by atoms with Crippen molar-refractivity contribution in [1.29, 1.82) is 0 Å². The molecule has 3 aromatic rings. The van der Waals surface area contributed by atoms with Gasteiger partial charge in [-0.3, -0.25) is 0 Å². The second kappa shape index (κ2) is 11.5. The Hall–Kier alpha value is -2.52. The van der Waals surface area contributed by atoms with E-state index in [0.29, 0.717) is 29.9 Å². The Morgan fingerprint density at radius 2 is 1.57 bits per heavy atom. The molecule has 2 N–H and O–H groups in total. The fourth-order valence-electron chi connectivity index (χ4n) is 4.64. The maximum absolute atomic E-state index is 12.8. The highest BCUT2D eigenvalue weighted by Gasteiger charge is 2.30. The minimum absolute atomic E-state index is 0.0397. The number of rotatable bonds is 9. The molecule has 1 aliphatic carbocycles. The van der Waals surface area contributed by atoms with Crippen LogP contribution in [0.1, 0.15) is 31.2 Å². The smallest absolute Gasteiger partial charge is 0.362 e. The van der Waals surface area contributed by atoms with Crippen molar-refractivity contribution in [2.75, 3.05) is 37.4 Å². The summed E-state index contributed by atoms with van der Waals surface area (Å²) in [6.45, 7) is 2.12. The van der Waals surface area contributed by atoms with E-state index in [1.54, 1.807) is 18.2 Å². The van der Waals surface area contributed by atoms with Crippen molar-refractivity contribution in [3.05, 3.63) is 54.1 Å². The number of benzene rings is 2. The molecule has 0 bridgehead atoms. The van der Waals surface area contributed by atoms with Gasteiger partial charge in [0.25, 0.3) is 0 Å². The summed E-state index contributed by atoms with van der Waals surface area (Å²) in [6, 6.07) is 14.8. The van der Waals surface area contributed by atoms with E-state index in [1.807, 2.05) is 43.3 Å². The van der Waals surface area contributed by atoms with E-state index in [0.717, 1.165) is 55.5 Å². The van der Waals surface area contributed by atoms with Crippen LogP contribution in [0.25, 0.3) is 10.9 Å². The summed E-state index contributed by atoms with van der Waals surface area (Å²) in [5.41, 5.74) is -2.65. The molecule has 0 saturated heterocycles. The first-order chi connectivity index (χ1) is 16.8. The van der Waals surface area contributed by atoms with Gasteiger partial charge in [-0.05, 0) is 79.6 Å². The summed E-state index contributed by atoms with van der Waals surface area (Å²) in [4.78, 5) is 11.7. The summed E-state index contributed by atoms with van der Waals surface area (Å²) < 4.78 is 38.4. The van der Waals surface area contributed by atoms with Gasteiger partial charge in [0.15, 0.2) is 0 Å². The molecular formula is C26H32F3N5S. The molecule has 0 amide bonds. The first-order valence-corrected chi connectivity index (χ1v) is 12.8. The number of nitrogens with one attached hydrogen (secondary N) is 2. The SMILES string of the molecule is CN(C)c1nc(NCC2CCC(CNCc3ccccc3SC(F)(F)F)CC2)nc2ccccc12. The average molecular weight is 504 g/mol. The van der Waals surface area contributed by atoms with Gasteiger partial charge in [0, 0.05) is 37.5 Å². The number of alkyl halides is 3. The Labute approximate surface area is 208 Å². The van der Waals surface area contributed by atoms with Crippen LogP contribution in [0.3, 0.4) is 0 Å². The van der Waals surface area contributed by atoms with Crippen LogP contribution in [0.15, 0.2) is 53.4 Å².